The molecule has 1 aliphatic heterocycles. The van der Waals surface area contributed by atoms with Gasteiger partial charge < -0.3 is 19.5 Å². The maximum atomic E-state index is 12.9. The second kappa shape index (κ2) is 9.06. The van der Waals surface area contributed by atoms with Crippen molar-refractivity contribution in [3.8, 4) is 11.4 Å². The van der Waals surface area contributed by atoms with E-state index in [1.165, 1.54) is 18.6 Å². The van der Waals surface area contributed by atoms with E-state index in [0.29, 0.717) is 48.0 Å². The minimum absolute atomic E-state index is 0.0123. The third-order valence-electron chi connectivity index (χ3n) is 6.78. The molecule has 12 heteroatoms. The number of anilines is 1. The normalized spacial score (nSPS) is 22.4. The number of carbonyl (C=O) groups is 1. The van der Waals surface area contributed by atoms with Crippen LogP contribution in [0.4, 0.5) is 19.0 Å². The maximum absolute atomic E-state index is 12.9. The van der Waals surface area contributed by atoms with Gasteiger partial charge in [-0.1, -0.05) is 0 Å². The highest BCUT2D eigenvalue weighted by atomic mass is 19.4. The van der Waals surface area contributed by atoms with Gasteiger partial charge >= 0.3 is 6.18 Å². The van der Waals surface area contributed by atoms with Crippen molar-refractivity contribution in [1.82, 2.24) is 29.4 Å². The Morgan fingerprint density at radius 2 is 2.03 bits per heavy atom. The lowest BCUT2D eigenvalue weighted by Gasteiger charge is -2.35. The summed E-state index contributed by atoms with van der Waals surface area (Å²) in [6.45, 7) is 3.67. The zero-order valence-corrected chi connectivity index (χ0v) is 19.4. The van der Waals surface area contributed by atoms with Crippen LogP contribution in [-0.4, -0.2) is 67.7 Å². The van der Waals surface area contributed by atoms with E-state index in [-0.39, 0.29) is 24.0 Å². The Hall–Kier alpha value is -3.28. The summed E-state index contributed by atoms with van der Waals surface area (Å²) in [5.41, 5.74) is 0.598. The molecule has 3 aromatic rings. The molecule has 0 bridgehead atoms. The van der Waals surface area contributed by atoms with Crippen LogP contribution >= 0.6 is 0 Å². The average molecular weight is 490 g/mol. The van der Waals surface area contributed by atoms with Gasteiger partial charge in [-0.3, -0.25) is 9.78 Å². The topological polar surface area (TPSA) is 98.1 Å². The Morgan fingerprint density at radius 1 is 1.23 bits per heavy atom. The molecule has 4 heterocycles. The molecule has 1 saturated carbocycles. The molecular weight excluding hydrogens is 463 g/mol. The predicted molar refractivity (Wildman–Crippen MR) is 121 cm³/mol. The SMILES string of the molecule is CCn1c(-c2ccc(C(F)(F)F)nc2)nc2c(NC3CCN(C(=O)C4CC(OC)C4)C3)ncnc21. The van der Waals surface area contributed by atoms with Crippen LogP contribution in [0.15, 0.2) is 24.7 Å². The van der Waals surface area contributed by atoms with E-state index in [1.54, 1.807) is 7.11 Å². The van der Waals surface area contributed by atoms with Crippen LogP contribution in [0.1, 0.15) is 31.9 Å². The number of halogens is 3. The summed E-state index contributed by atoms with van der Waals surface area (Å²) in [6.07, 6.45) is 0.599. The fourth-order valence-electron chi connectivity index (χ4n) is 4.75. The van der Waals surface area contributed by atoms with E-state index in [4.69, 9.17) is 4.74 Å². The molecule has 1 N–H and O–H groups in total. The fraction of sp³-hybridized carbons (Fsp3) is 0.522. The number of methoxy groups -OCH3 is 1. The van der Waals surface area contributed by atoms with Crippen molar-refractivity contribution >= 4 is 22.9 Å². The minimum atomic E-state index is -4.51. The van der Waals surface area contributed by atoms with Crippen molar-refractivity contribution in [1.29, 1.82) is 0 Å². The van der Waals surface area contributed by atoms with Crippen LogP contribution in [0.2, 0.25) is 0 Å². The van der Waals surface area contributed by atoms with Crippen LogP contribution < -0.4 is 5.32 Å². The van der Waals surface area contributed by atoms with E-state index in [2.05, 4.69) is 25.3 Å². The Balaban J connectivity index is 1.35. The van der Waals surface area contributed by atoms with Gasteiger partial charge in [-0.2, -0.15) is 13.2 Å². The molecule has 9 nitrogen and oxygen atoms in total. The summed E-state index contributed by atoms with van der Waals surface area (Å²) in [4.78, 5) is 31.6. The lowest BCUT2D eigenvalue weighted by atomic mass is 9.81. The number of ether oxygens (including phenoxy) is 1. The van der Waals surface area contributed by atoms with Gasteiger partial charge in [0, 0.05) is 50.5 Å². The highest BCUT2D eigenvalue weighted by Gasteiger charge is 2.39. The smallest absolute Gasteiger partial charge is 0.381 e. The van der Waals surface area contributed by atoms with Crippen LogP contribution in [-0.2, 0) is 22.3 Å². The molecule has 0 spiro atoms. The number of fused-ring (bicyclic) bond motifs is 1. The Kier molecular flexibility index (Phi) is 6.07. The second-order valence-corrected chi connectivity index (χ2v) is 8.94. The number of amides is 1. The van der Waals surface area contributed by atoms with Gasteiger partial charge in [0.2, 0.25) is 5.91 Å². The number of imidazole rings is 1. The Morgan fingerprint density at radius 3 is 2.69 bits per heavy atom. The number of carbonyl (C=O) groups excluding carboxylic acids is 1. The van der Waals surface area contributed by atoms with Crippen LogP contribution in [0, 0.1) is 5.92 Å². The summed E-state index contributed by atoms with van der Waals surface area (Å²) in [5, 5.41) is 3.40. The molecular formula is C23H26F3N7O2. The van der Waals surface area contributed by atoms with E-state index in [1.807, 2.05) is 16.4 Å². The summed E-state index contributed by atoms with van der Waals surface area (Å²) >= 11 is 0. The fourth-order valence-corrected chi connectivity index (χ4v) is 4.75. The molecule has 1 unspecified atom stereocenters. The molecule has 5 rings (SSSR count). The van der Waals surface area contributed by atoms with Crippen LogP contribution in [0.25, 0.3) is 22.6 Å². The third-order valence-corrected chi connectivity index (χ3v) is 6.78. The Labute approximate surface area is 199 Å². The van der Waals surface area contributed by atoms with Gasteiger partial charge in [-0.05, 0) is 38.3 Å². The number of aryl methyl sites for hydroxylation is 1. The monoisotopic (exact) mass is 489 g/mol. The molecule has 1 amide bonds. The van der Waals surface area contributed by atoms with Crippen molar-refractivity contribution in [3.05, 3.63) is 30.4 Å². The van der Waals surface area contributed by atoms with Gasteiger partial charge in [-0.15, -0.1) is 0 Å². The van der Waals surface area contributed by atoms with Gasteiger partial charge in [0.05, 0.1) is 6.10 Å². The van der Waals surface area contributed by atoms with Crippen molar-refractivity contribution in [2.24, 2.45) is 5.92 Å². The number of hydrogen-bond donors (Lipinski definition) is 1. The number of alkyl halides is 3. The molecule has 2 fully saturated rings. The molecule has 2 aliphatic rings. The molecule has 1 saturated heterocycles. The van der Waals surface area contributed by atoms with E-state index in [0.717, 1.165) is 25.3 Å². The largest absolute Gasteiger partial charge is 0.433 e. The van der Waals surface area contributed by atoms with Crippen LogP contribution in [0.5, 0.6) is 0 Å². The van der Waals surface area contributed by atoms with Gasteiger partial charge in [0.15, 0.2) is 17.0 Å². The van der Waals surface area contributed by atoms with Crippen molar-refractivity contribution < 1.29 is 22.7 Å². The number of aromatic nitrogens is 5. The first-order valence-electron chi connectivity index (χ1n) is 11.6. The lowest BCUT2D eigenvalue weighted by Crippen LogP contribution is -2.44. The van der Waals surface area contributed by atoms with Gasteiger partial charge in [0.25, 0.3) is 0 Å². The standard InChI is InChI=1S/C23H26F3N7O2/c1-3-33-20(13-4-5-17(27-10-13)23(24,25)26)31-18-19(28-12-29-21(18)33)30-15-6-7-32(11-15)22(34)14-8-16(9-14)35-2/h4-5,10,12,14-16H,3,6-9,11H2,1-2H3,(H,28,29,30). The number of nitrogens with zero attached hydrogens (tertiary/aromatic N) is 6. The summed E-state index contributed by atoms with van der Waals surface area (Å²) in [6, 6.07) is 2.32. The summed E-state index contributed by atoms with van der Waals surface area (Å²) < 4.78 is 45.9. The zero-order valence-electron chi connectivity index (χ0n) is 19.4. The van der Waals surface area contributed by atoms with Crippen molar-refractivity contribution in [2.75, 3.05) is 25.5 Å². The maximum Gasteiger partial charge on any atom is 0.433 e. The summed E-state index contributed by atoms with van der Waals surface area (Å²) in [5.74, 6) is 1.20. The number of rotatable bonds is 6. The number of pyridine rings is 1. The highest BCUT2D eigenvalue weighted by molar-refractivity contribution is 5.86. The predicted octanol–water partition coefficient (Wildman–Crippen LogP) is 3.36. The average Bonchev–Trinajstić information content (AvgIpc) is 3.43. The highest BCUT2D eigenvalue weighted by Crippen LogP contribution is 2.33. The summed E-state index contributed by atoms with van der Waals surface area (Å²) in [7, 11) is 1.67. The first-order chi connectivity index (χ1) is 16.8. The van der Waals surface area contributed by atoms with Crippen molar-refractivity contribution in [2.45, 2.75) is 51.1 Å². The molecule has 186 valence electrons. The Bertz CT molecular complexity index is 1220. The first-order valence-corrected chi connectivity index (χ1v) is 11.6. The molecule has 1 atom stereocenters. The van der Waals surface area contributed by atoms with E-state index >= 15 is 0 Å². The second-order valence-electron chi connectivity index (χ2n) is 8.94. The van der Waals surface area contributed by atoms with E-state index < -0.39 is 11.9 Å². The number of likely N-dealkylation sites (tertiary alicyclic amines) is 1. The molecule has 0 radical (unpaired) electrons. The quantitative estimate of drug-likeness (QED) is 0.567. The number of hydrogen-bond acceptors (Lipinski definition) is 7. The van der Waals surface area contributed by atoms with Crippen LogP contribution in [0.3, 0.4) is 0 Å². The lowest BCUT2D eigenvalue weighted by molar-refractivity contribution is -0.142. The van der Waals surface area contributed by atoms with E-state index in [9.17, 15) is 18.0 Å². The third kappa shape index (κ3) is 4.42. The molecule has 1 aliphatic carbocycles. The molecule has 35 heavy (non-hydrogen) atoms. The van der Waals surface area contributed by atoms with Gasteiger partial charge in [-0.25, -0.2) is 15.0 Å². The first kappa shape index (κ1) is 23.5. The molecule has 0 aromatic carbocycles. The molecule has 3 aromatic heterocycles. The minimum Gasteiger partial charge on any atom is -0.381 e. The van der Waals surface area contributed by atoms with Crippen molar-refractivity contribution in [3.63, 3.8) is 0 Å². The zero-order chi connectivity index (χ0) is 24.7. The number of nitrogens with one attached hydrogen (secondary N) is 1. The van der Waals surface area contributed by atoms with Gasteiger partial charge in [0.1, 0.15) is 17.8 Å².